The van der Waals surface area contributed by atoms with E-state index in [2.05, 4.69) is 34.4 Å². The Balaban J connectivity index is 2.11. The largest absolute Gasteiger partial charge is 0.344 e. The summed E-state index contributed by atoms with van der Waals surface area (Å²) in [4.78, 5) is 7.06. The van der Waals surface area contributed by atoms with Crippen LogP contribution in [-0.4, -0.2) is 30.7 Å². The molecule has 0 aliphatic carbocycles. The first-order valence-corrected chi connectivity index (χ1v) is 6.58. The first-order valence-electron chi connectivity index (χ1n) is 5.70. The van der Waals surface area contributed by atoms with Crippen LogP contribution in [0.3, 0.4) is 0 Å². The molecule has 0 amide bonds. The highest BCUT2D eigenvalue weighted by Gasteiger charge is 2.23. The molecule has 0 spiro atoms. The van der Waals surface area contributed by atoms with Crippen molar-refractivity contribution in [2.75, 3.05) is 24.5 Å². The van der Waals surface area contributed by atoms with Gasteiger partial charge in [0.25, 0.3) is 0 Å². The second-order valence-corrected chi connectivity index (χ2v) is 4.95. The monoisotopic (exact) mass is 225 g/mol. The number of hydrogen-bond donors (Lipinski definition) is 1. The minimum atomic E-state index is 0.649. The van der Waals surface area contributed by atoms with E-state index < -0.39 is 0 Å². The molecule has 1 saturated heterocycles. The molecule has 15 heavy (non-hydrogen) atoms. The maximum atomic E-state index is 4.59. The zero-order chi connectivity index (χ0) is 10.7. The molecular weight excluding hydrogens is 206 g/mol. The maximum Gasteiger partial charge on any atom is 0.185 e. The van der Waals surface area contributed by atoms with E-state index in [4.69, 9.17) is 0 Å². The Kier molecular flexibility index (Phi) is 3.59. The Morgan fingerprint density at radius 2 is 2.53 bits per heavy atom. The molecule has 1 unspecified atom stereocenters. The first kappa shape index (κ1) is 10.9. The highest BCUT2D eigenvalue weighted by atomic mass is 32.1. The molecule has 0 saturated carbocycles. The van der Waals surface area contributed by atoms with Crippen LogP contribution in [-0.2, 0) is 0 Å². The molecule has 1 aromatic rings. The lowest BCUT2D eigenvalue weighted by Crippen LogP contribution is -2.37. The van der Waals surface area contributed by atoms with Gasteiger partial charge in [-0.05, 0) is 26.3 Å². The van der Waals surface area contributed by atoms with Gasteiger partial charge in [0, 0.05) is 24.5 Å². The van der Waals surface area contributed by atoms with Crippen LogP contribution in [0, 0.1) is 6.92 Å². The average molecular weight is 225 g/mol. The third kappa shape index (κ3) is 2.49. The van der Waals surface area contributed by atoms with Crippen LogP contribution < -0.4 is 10.2 Å². The van der Waals surface area contributed by atoms with Gasteiger partial charge in [-0.2, -0.15) is 0 Å². The van der Waals surface area contributed by atoms with Crippen molar-refractivity contribution >= 4 is 16.5 Å². The molecule has 3 nitrogen and oxygen atoms in total. The Hall–Kier alpha value is -0.610. The Morgan fingerprint density at radius 1 is 1.67 bits per heavy atom. The molecule has 0 radical (unpaired) electrons. The van der Waals surface area contributed by atoms with E-state index in [0.717, 1.165) is 25.3 Å². The van der Waals surface area contributed by atoms with E-state index >= 15 is 0 Å². The molecule has 1 aliphatic rings. The molecule has 1 fully saturated rings. The Morgan fingerprint density at radius 3 is 3.07 bits per heavy atom. The number of thiazole rings is 1. The number of nitrogens with zero attached hydrogens (tertiary/aromatic N) is 2. The molecule has 2 rings (SSSR count). The highest BCUT2D eigenvalue weighted by Crippen LogP contribution is 2.24. The van der Waals surface area contributed by atoms with Gasteiger partial charge >= 0.3 is 0 Å². The summed E-state index contributed by atoms with van der Waals surface area (Å²) in [7, 11) is 0. The molecule has 84 valence electrons. The van der Waals surface area contributed by atoms with Crippen LogP contribution in [0.5, 0.6) is 0 Å². The van der Waals surface area contributed by atoms with Gasteiger partial charge in [0.05, 0.1) is 5.69 Å². The van der Waals surface area contributed by atoms with E-state index in [-0.39, 0.29) is 0 Å². The second kappa shape index (κ2) is 4.94. The summed E-state index contributed by atoms with van der Waals surface area (Å²) in [6.07, 6.45) is 2.44. The fourth-order valence-corrected chi connectivity index (χ4v) is 2.96. The predicted octanol–water partition coefficient (Wildman–Crippen LogP) is 2.03. The quantitative estimate of drug-likeness (QED) is 0.850. The fraction of sp³-hybridized carbons (Fsp3) is 0.727. The zero-order valence-electron chi connectivity index (χ0n) is 9.49. The van der Waals surface area contributed by atoms with Crippen molar-refractivity contribution < 1.29 is 0 Å². The van der Waals surface area contributed by atoms with Crippen LogP contribution in [0.2, 0.25) is 0 Å². The van der Waals surface area contributed by atoms with Crippen molar-refractivity contribution in [3.05, 3.63) is 11.1 Å². The number of rotatable bonds is 4. The molecule has 1 aliphatic heterocycles. The number of hydrogen-bond acceptors (Lipinski definition) is 4. The molecular formula is C11H19N3S. The predicted molar refractivity (Wildman–Crippen MR) is 65.8 cm³/mol. The topological polar surface area (TPSA) is 28.2 Å². The van der Waals surface area contributed by atoms with E-state index in [1.165, 1.54) is 18.0 Å². The highest BCUT2D eigenvalue weighted by molar-refractivity contribution is 7.13. The molecule has 2 heterocycles. The van der Waals surface area contributed by atoms with E-state index in [0.29, 0.717) is 6.04 Å². The summed E-state index contributed by atoms with van der Waals surface area (Å²) in [6, 6.07) is 0.649. The van der Waals surface area contributed by atoms with E-state index in [1.807, 2.05) is 0 Å². The summed E-state index contributed by atoms with van der Waals surface area (Å²) in [5.74, 6) is 0. The van der Waals surface area contributed by atoms with Crippen LogP contribution >= 0.6 is 11.3 Å². The normalized spacial score (nSPS) is 20.8. The lowest BCUT2D eigenvalue weighted by atomic mass is 10.2. The minimum Gasteiger partial charge on any atom is -0.344 e. The van der Waals surface area contributed by atoms with Crippen molar-refractivity contribution in [3.8, 4) is 0 Å². The van der Waals surface area contributed by atoms with Gasteiger partial charge in [-0.3, -0.25) is 0 Å². The number of anilines is 1. The molecule has 1 atom stereocenters. The SMILES string of the molecule is CCCN(c1nc(C)cs1)C1CCNC1. The van der Waals surface area contributed by atoms with Crippen LogP contribution in [0.4, 0.5) is 5.13 Å². The van der Waals surface area contributed by atoms with Crippen LogP contribution in [0.25, 0.3) is 0 Å². The van der Waals surface area contributed by atoms with Gasteiger partial charge in [-0.1, -0.05) is 6.92 Å². The summed E-state index contributed by atoms with van der Waals surface area (Å²) in [6.45, 7) is 7.68. The Labute approximate surface area is 95.5 Å². The third-order valence-electron chi connectivity index (χ3n) is 2.79. The van der Waals surface area contributed by atoms with Crippen LogP contribution in [0.15, 0.2) is 5.38 Å². The minimum absolute atomic E-state index is 0.649. The van der Waals surface area contributed by atoms with Crippen molar-refractivity contribution in [2.24, 2.45) is 0 Å². The van der Waals surface area contributed by atoms with Gasteiger partial charge in [-0.15, -0.1) is 11.3 Å². The average Bonchev–Trinajstić information content (AvgIpc) is 2.85. The van der Waals surface area contributed by atoms with Gasteiger partial charge < -0.3 is 10.2 Å². The van der Waals surface area contributed by atoms with Crippen molar-refractivity contribution in [1.29, 1.82) is 0 Å². The smallest absolute Gasteiger partial charge is 0.185 e. The van der Waals surface area contributed by atoms with E-state index in [1.54, 1.807) is 11.3 Å². The van der Waals surface area contributed by atoms with Gasteiger partial charge in [-0.25, -0.2) is 4.98 Å². The van der Waals surface area contributed by atoms with Gasteiger partial charge in [0.15, 0.2) is 5.13 Å². The van der Waals surface area contributed by atoms with E-state index in [9.17, 15) is 0 Å². The van der Waals surface area contributed by atoms with Crippen molar-refractivity contribution in [1.82, 2.24) is 10.3 Å². The van der Waals surface area contributed by atoms with Gasteiger partial charge in [0.2, 0.25) is 0 Å². The van der Waals surface area contributed by atoms with Crippen molar-refractivity contribution in [3.63, 3.8) is 0 Å². The lowest BCUT2D eigenvalue weighted by molar-refractivity contribution is 0.623. The molecule has 1 aromatic heterocycles. The van der Waals surface area contributed by atoms with Gasteiger partial charge in [0.1, 0.15) is 0 Å². The maximum absolute atomic E-state index is 4.59. The number of aryl methyl sites for hydroxylation is 1. The standard InChI is InChI=1S/C11H19N3S/c1-3-6-14(10-4-5-12-7-10)11-13-9(2)8-15-11/h8,10,12H,3-7H2,1-2H3. The molecule has 0 bridgehead atoms. The first-order chi connectivity index (χ1) is 7.31. The number of aromatic nitrogens is 1. The fourth-order valence-electron chi connectivity index (χ4n) is 2.05. The summed E-state index contributed by atoms with van der Waals surface area (Å²) >= 11 is 1.77. The second-order valence-electron chi connectivity index (χ2n) is 4.11. The number of nitrogens with one attached hydrogen (secondary N) is 1. The zero-order valence-corrected chi connectivity index (χ0v) is 10.3. The molecule has 0 aromatic carbocycles. The summed E-state index contributed by atoms with van der Waals surface area (Å²) < 4.78 is 0. The van der Waals surface area contributed by atoms with Crippen LogP contribution in [0.1, 0.15) is 25.5 Å². The molecule has 1 N–H and O–H groups in total. The summed E-state index contributed by atoms with van der Waals surface area (Å²) in [5.41, 5.74) is 1.14. The summed E-state index contributed by atoms with van der Waals surface area (Å²) in [5, 5.41) is 6.76. The van der Waals surface area contributed by atoms with Crippen molar-refractivity contribution in [2.45, 2.75) is 32.7 Å². The third-order valence-corrected chi connectivity index (χ3v) is 3.79. The Bertz CT molecular complexity index is 305. The lowest BCUT2D eigenvalue weighted by Gasteiger charge is -2.27. The molecule has 4 heteroatoms.